The van der Waals surface area contributed by atoms with E-state index < -0.39 is 0 Å². The van der Waals surface area contributed by atoms with Gasteiger partial charge < -0.3 is 0 Å². The molecule has 0 fully saturated rings. The Morgan fingerprint density at radius 2 is 1.70 bits per heavy atom. The summed E-state index contributed by atoms with van der Waals surface area (Å²) in [7, 11) is 0. The van der Waals surface area contributed by atoms with Crippen molar-refractivity contribution in [3.8, 4) is 22.4 Å². The van der Waals surface area contributed by atoms with Crippen LogP contribution in [0.15, 0.2) is 60.8 Å². The van der Waals surface area contributed by atoms with Crippen LogP contribution in [0.4, 0.5) is 5.69 Å². The molecule has 0 bridgehead atoms. The first-order valence-corrected chi connectivity index (χ1v) is 6.09. The monoisotopic (exact) mass is 265 g/mol. The number of nitrogens with one attached hydrogen (secondary N) is 1. The molecule has 0 saturated carbocycles. The summed E-state index contributed by atoms with van der Waals surface area (Å²) in [6.07, 6.45) is 1.69. The van der Waals surface area contributed by atoms with Crippen LogP contribution in [0.1, 0.15) is 0 Å². The van der Waals surface area contributed by atoms with E-state index in [1.807, 2.05) is 36.4 Å². The molecule has 5 heteroatoms. The lowest BCUT2D eigenvalue weighted by molar-refractivity contribution is -0.384. The van der Waals surface area contributed by atoms with Crippen molar-refractivity contribution in [2.24, 2.45) is 0 Å². The van der Waals surface area contributed by atoms with Crippen LogP contribution in [0.2, 0.25) is 0 Å². The highest BCUT2D eigenvalue weighted by molar-refractivity contribution is 5.74. The molecule has 0 aliphatic carbocycles. The van der Waals surface area contributed by atoms with Gasteiger partial charge in [0.05, 0.1) is 10.6 Å². The van der Waals surface area contributed by atoms with Crippen molar-refractivity contribution in [1.82, 2.24) is 10.2 Å². The second kappa shape index (κ2) is 4.97. The summed E-state index contributed by atoms with van der Waals surface area (Å²) < 4.78 is 0. The molecule has 0 saturated heterocycles. The van der Waals surface area contributed by atoms with Crippen LogP contribution in [0.25, 0.3) is 22.4 Å². The first kappa shape index (κ1) is 12.1. The fraction of sp³-hybridized carbons (Fsp3) is 0. The summed E-state index contributed by atoms with van der Waals surface area (Å²) in [5.41, 5.74) is 3.21. The third-order valence-electron chi connectivity index (χ3n) is 3.03. The summed E-state index contributed by atoms with van der Waals surface area (Å²) in [5.74, 6) is 0. The number of hydrogen-bond acceptors (Lipinski definition) is 3. The van der Waals surface area contributed by atoms with E-state index in [0.29, 0.717) is 5.69 Å². The Morgan fingerprint density at radius 3 is 2.35 bits per heavy atom. The van der Waals surface area contributed by atoms with E-state index in [0.717, 1.165) is 16.7 Å². The van der Waals surface area contributed by atoms with Crippen LogP contribution in [0.3, 0.4) is 0 Å². The van der Waals surface area contributed by atoms with E-state index in [1.165, 1.54) is 6.07 Å². The van der Waals surface area contributed by atoms with Gasteiger partial charge in [-0.05, 0) is 23.3 Å². The minimum absolute atomic E-state index is 0.0596. The van der Waals surface area contributed by atoms with Gasteiger partial charge in [-0.1, -0.05) is 30.3 Å². The van der Waals surface area contributed by atoms with Gasteiger partial charge in [-0.25, -0.2) is 0 Å². The van der Waals surface area contributed by atoms with Crippen LogP contribution in [-0.2, 0) is 0 Å². The predicted molar refractivity (Wildman–Crippen MR) is 76.1 cm³/mol. The number of aromatic nitrogens is 2. The van der Waals surface area contributed by atoms with Crippen molar-refractivity contribution in [2.45, 2.75) is 0 Å². The lowest BCUT2D eigenvalue weighted by Gasteiger charge is -2.04. The van der Waals surface area contributed by atoms with Gasteiger partial charge in [0.25, 0.3) is 5.69 Å². The summed E-state index contributed by atoms with van der Waals surface area (Å²) in [4.78, 5) is 10.7. The number of rotatable bonds is 3. The molecule has 0 amide bonds. The molecule has 0 aliphatic heterocycles. The largest absolute Gasteiger partial charge is 0.285 e. The van der Waals surface area contributed by atoms with E-state index >= 15 is 0 Å². The van der Waals surface area contributed by atoms with Gasteiger partial charge in [0, 0.05) is 23.9 Å². The number of nitro benzene ring substituents is 1. The van der Waals surface area contributed by atoms with Gasteiger partial charge in [0.15, 0.2) is 0 Å². The predicted octanol–water partition coefficient (Wildman–Crippen LogP) is 3.65. The maximum Gasteiger partial charge on any atom is 0.270 e. The fourth-order valence-electron chi connectivity index (χ4n) is 2.08. The second-order valence-electron chi connectivity index (χ2n) is 4.35. The third kappa shape index (κ3) is 2.29. The fourth-order valence-corrected chi connectivity index (χ4v) is 2.08. The molecule has 3 rings (SSSR count). The number of aromatic amines is 1. The zero-order valence-electron chi connectivity index (χ0n) is 10.5. The molecule has 1 aromatic heterocycles. The Bertz CT molecular complexity index is 737. The second-order valence-corrected chi connectivity index (χ2v) is 4.35. The molecule has 0 aliphatic rings. The average Bonchev–Trinajstić information content (AvgIpc) is 3.02. The Labute approximate surface area is 115 Å². The first-order chi connectivity index (χ1) is 9.74. The molecular weight excluding hydrogens is 254 g/mol. The SMILES string of the molecule is O=[N+]([O-])c1cc(-c2ccccc2)cc(-c2cc[nH]n2)c1. The molecule has 1 N–H and O–H groups in total. The van der Waals surface area contributed by atoms with Gasteiger partial charge in [-0.15, -0.1) is 0 Å². The van der Waals surface area contributed by atoms with Gasteiger partial charge in [0.2, 0.25) is 0 Å². The number of benzene rings is 2. The highest BCUT2D eigenvalue weighted by Crippen LogP contribution is 2.30. The number of nitrogens with zero attached hydrogens (tertiary/aromatic N) is 2. The smallest absolute Gasteiger partial charge is 0.270 e. The molecule has 1 heterocycles. The van der Waals surface area contributed by atoms with Crippen LogP contribution in [0, 0.1) is 10.1 Å². The molecule has 3 aromatic rings. The normalized spacial score (nSPS) is 10.4. The van der Waals surface area contributed by atoms with Gasteiger partial charge >= 0.3 is 0 Å². The van der Waals surface area contributed by atoms with E-state index in [-0.39, 0.29) is 10.6 Å². The summed E-state index contributed by atoms with van der Waals surface area (Å²) in [5, 5.41) is 17.9. The lowest BCUT2D eigenvalue weighted by Crippen LogP contribution is -1.91. The third-order valence-corrected chi connectivity index (χ3v) is 3.03. The first-order valence-electron chi connectivity index (χ1n) is 6.09. The Kier molecular flexibility index (Phi) is 3.01. The van der Waals surface area contributed by atoms with Crippen LogP contribution in [0.5, 0.6) is 0 Å². The molecular formula is C15H11N3O2. The molecule has 0 atom stereocenters. The quantitative estimate of drug-likeness (QED) is 0.580. The number of hydrogen-bond donors (Lipinski definition) is 1. The minimum Gasteiger partial charge on any atom is -0.285 e. The molecule has 20 heavy (non-hydrogen) atoms. The van der Waals surface area contributed by atoms with E-state index in [2.05, 4.69) is 10.2 Å². The van der Waals surface area contributed by atoms with Gasteiger partial charge in [0.1, 0.15) is 0 Å². The zero-order valence-corrected chi connectivity index (χ0v) is 10.5. The molecule has 0 unspecified atom stereocenters. The van der Waals surface area contributed by atoms with Crippen molar-refractivity contribution in [2.75, 3.05) is 0 Å². The van der Waals surface area contributed by atoms with Crippen molar-refractivity contribution in [3.05, 3.63) is 70.9 Å². The zero-order chi connectivity index (χ0) is 13.9. The lowest BCUT2D eigenvalue weighted by atomic mass is 10.0. The summed E-state index contributed by atoms with van der Waals surface area (Å²) >= 11 is 0. The minimum atomic E-state index is -0.386. The summed E-state index contributed by atoms with van der Waals surface area (Å²) in [6.45, 7) is 0. The Hall–Kier alpha value is -2.95. The highest BCUT2D eigenvalue weighted by Gasteiger charge is 2.12. The molecule has 98 valence electrons. The molecule has 2 aromatic carbocycles. The number of nitro groups is 1. The molecule has 0 radical (unpaired) electrons. The van der Waals surface area contributed by atoms with Gasteiger partial charge in [-0.3, -0.25) is 15.2 Å². The molecule has 0 spiro atoms. The van der Waals surface area contributed by atoms with Crippen molar-refractivity contribution in [3.63, 3.8) is 0 Å². The molecule has 5 nitrogen and oxygen atoms in total. The van der Waals surface area contributed by atoms with Crippen molar-refractivity contribution >= 4 is 5.69 Å². The topological polar surface area (TPSA) is 71.8 Å². The standard InChI is InChI=1S/C15H11N3O2/c19-18(20)14-9-12(11-4-2-1-3-5-11)8-13(10-14)15-6-7-16-17-15/h1-10H,(H,16,17). The van der Waals surface area contributed by atoms with E-state index in [1.54, 1.807) is 18.3 Å². The van der Waals surface area contributed by atoms with Crippen LogP contribution < -0.4 is 0 Å². The van der Waals surface area contributed by atoms with Crippen LogP contribution in [-0.4, -0.2) is 15.1 Å². The van der Waals surface area contributed by atoms with E-state index in [4.69, 9.17) is 0 Å². The average molecular weight is 265 g/mol. The van der Waals surface area contributed by atoms with Gasteiger partial charge in [-0.2, -0.15) is 5.10 Å². The number of H-pyrrole nitrogens is 1. The van der Waals surface area contributed by atoms with E-state index in [9.17, 15) is 10.1 Å². The Morgan fingerprint density at radius 1 is 0.950 bits per heavy atom. The highest BCUT2D eigenvalue weighted by atomic mass is 16.6. The van der Waals surface area contributed by atoms with Crippen molar-refractivity contribution in [1.29, 1.82) is 0 Å². The maximum atomic E-state index is 11.1. The maximum absolute atomic E-state index is 11.1. The van der Waals surface area contributed by atoms with Crippen molar-refractivity contribution < 1.29 is 4.92 Å². The number of non-ortho nitro benzene ring substituents is 1. The van der Waals surface area contributed by atoms with Crippen LogP contribution >= 0.6 is 0 Å². The summed E-state index contributed by atoms with van der Waals surface area (Å²) in [6, 6.07) is 16.4. The Balaban J connectivity index is 2.18.